The van der Waals surface area contributed by atoms with Crippen molar-refractivity contribution in [3.8, 4) is 11.3 Å². The predicted molar refractivity (Wildman–Crippen MR) is 128 cm³/mol. The van der Waals surface area contributed by atoms with Crippen LogP contribution in [0.1, 0.15) is 38.0 Å². The summed E-state index contributed by atoms with van der Waals surface area (Å²) in [5.74, 6) is 2.08. The maximum atomic E-state index is 10.7. The third-order valence-electron chi connectivity index (χ3n) is 5.82. The standard InChI is InChI=1S/C26H35N3O4/c1-20(2)15-28(16-22(30)18-31-19-23-11-8-14-32-23)17-24-25(21-9-4-3-5-10-21)27-33-26(24)29-12-6-7-13-29/h3-5,8-11,14,20,22,30H,6-7,12-13,15-19H2,1-2H3/t22-/m1/s1. The Morgan fingerprint density at radius 2 is 1.88 bits per heavy atom. The normalized spacial score (nSPS) is 15.1. The molecule has 1 fully saturated rings. The number of benzene rings is 1. The second kappa shape index (κ2) is 11.5. The van der Waals surface area contributed by atoms with Gasteiger partial charge in [0.2, 0.25) is 5.88 Å². The Kier molecular flexibility index (Phi) is 8.20. The second-order valence-electron chi connectivity index (χ2n) is 9.21. The number of ether oxygens (including phenoxy) is 1. The third kappa shape index (κ3) is 6.47. The molecule has 7 nitrogen and oxygen atoms in total. The van der Waals surface area contributed by atoms with Crippen molar-refractivity contribution >= 4 is 5.88 Å². The Bertz CT molecular complexity index is 949. The molecule has 1 aliphatic rings. The molecule has 1 atom stereocenters. The average Bonchev–Trinajstić information content (AvgIpc) is 3.56. The number of furan rings is 1. The minimum Gasteiger partial charge on any atom is -0.467 e. The van der Waals surface area contributed by atoms with Gasteiger partial charge in [0.05, 0.1) is 24.5 Å². The molecule has 178 valence electrons. The minimum absolute atomic E-state index is 0.253. The smallest absolute Gasteiger partial charge is 0.232 e. The van der Waals surface area contributed by atoms with Gasteiger partial charge in [0.1, 0.15) is 18.1 Å². The molecule has 0 bridgehead atoms. The van der Waals surface area contributed by atoms with Gasteiger partial charge >= 0.3 is 0 Å². The van der Waals surface area contributed by atoms with Gasteiger partial charge in [-0.1, -0.05) is 49.3 Å². The Morgan fingerprint density at radius 3 is 2.58 bits per heavy atom. The van der Waals surface area contributed by atoms with E-state index in [4.69, 9.17) is 13.7 Å². The third-order valence-corrected chi connectivity index (χ3v) is 5.82. The molecule has 0 aliphatic carbocycles. The van der Waals surface area contributed by atoms with Crippen molar-refractivity contribution in [1.29, 1.82) is 0 Å². The maximum absolute atomic E-state index is 10.7. The van der Waals surface area contributed by atoms with E-state index in [1.807, 2.05) is 30.3 Å². The highest BCUT2D eigenvalue weighted by atomic mass is 16.5. The van der Waals surface area contributed by atoms with Crippen molar-refractivity contribution < 1.29 is 18.8 Å². The van der Waals surface area contributed by atoms with E-state index in [0.29, 0.717) is 25.6 Å². The van der Waals surface area contributed by atoms with Crippen LogP contribution in [0.2, 0.25) is 0 Å². The molecule has 1 N–H and O–H groups in total. The fourth-order valence-corrected chi connectivity index (χ4v) is 4.42. The van der Waals surface area contributed by atoms with Gasteiger partial charge in [-0.05, 0) is 30.9 Å². The SMILES string of the molecule is CC(C)CN(Cc1c(-c2ccccc2)noc1N1CCCC1)C[C@@H](O)COCc1ccco1. The summed E-state index contributed by atoms with van der Waals surface area (Å²) in [6, 6.07) is 13.9. The van der Waals surface area contributed by atoms with Crippen molar-refractivity contribution in [3.63, 3.8) is 0 Å². The highest BCUT2D eigenvalue weighted by Crippen LogP contribution is 2.34. The van der Waals surface area contributed by atoms with Gasteiger partial charge in [-0.25, -0.2) is 0 Å². The predicted octanol–water partition coefficient (Wildman–Crippen LogP) is 4.57. The number of rotatable bonds is 12. The van der Waals surface area contributed by atoms with Gasteiger partial charge in [0.15, 0.2) is 0 Å². The second-order valence-corrected chi connectivity index (χ2v) is 9.21. The number of aliphatic hydroxyl groups excluding tert-OH is 1. The summed E-state index contributed by atoms with van der Waals surface area (Å²) in [6.07, 6.45) is 3.36. The fourth-order valence-electron chi connectivity index (χ4n) is 4.42. The molecule has 2 aromatic heterocycles. The summed E-state index contributed by atoms with van der Waals surface area (Å²) in [5.41, 5.74) is 3.02. The molecule has 1 aliphatic heterocycles. The van der Waals surface area contributed by atoms with Gasteiger partial charge in [0.25, 0.3) is 0 Å². The zero-order valence-corrected chi connectivity index (χ0v) is 19.7. The molecule has 0 unspecified atom stereocenters. The monoisotopic (exact) mass is 453 g/mol. The summed E-state index contributed by atoms with van der Waals surface area (Å²) >= 11 is 0. The lowest BCUT2D eigenvalue weighted by atomic mass is 10.1. The summed E-state index contributed by atoms with van der Waals surface area (Å²) < 4.78 is 16.9. The molecule has 33 heavy (non-hydrogen) atoms. The van der Waals surface area contributed by atoms with E-state index in [2.05, 4.69) is 40.9 Å². The zero-order valence-electron chi connectivity index (χ0n) is 19.7. The zero-order chi connectivity index (χ0) is 23.0. The van der Waals surface area contributed by atoms with E-state index < -0.39 is 6.10 Å². The molecule has 1 saturated heterocycles. The van der Waals surface area contributed by atoms with Gasteiger partial charge in [-0.3, -0.25) is 4.90 Å². The van der Waals surface area contributed by atoms with Crippen molar-refractivity contribution in [2.45, 2.75) is 45.9 Å². The summed E-state index contributed by atoms with van der Waals surface area (Å²) in [5, 5.41) is 15.2. The molecule has 0 spiro atoms. The fraction of sp³-hybridized carbons (Fsp3) is 0.500. The van der Waals surface area contributed by atoms with Crippen LogP contribution < -0.4 is 4.90 Å². The van der Waals surface area contributed by atoms with Crippen LogP contribution in [0.4, 0.5) is 5.88 Å². The van der Waals surface area contributed by atoms with Crippen LogP contribution in [0.25, 0.3) is 11.3 Å². The van der Waals surface area contributed by atoms with Crippen molar-refractivity contribution in [2.24, 2.45) is 5.92 Å². The molecule has 0 saturated carbocycles. The summed E-state index contributed by atoms with van der Waals surface area (Å²) in [7, 11) is 0. The van der Waals surface area contributed by atoms with Crippen LogP contribution in [0, 0.1) is 5.92 Å². The van der Waals surface area contributed by atoms with E-state index in [0.717, 1.165) is 48.1 Å². The molecule has 3 aromatic rings. The first-order chi connectivity index (χ1) is 16.1. The Hall–Kier alpha value is -2.61. The lowest BCUT2D eigenvalue weighted by molar-refractivity contribution is 0.00226. The lowest BCUT2D eigenvalue weighted by Crippen LogP contribution is -2.37. The molecule has 4 rings (SSSR count). The largest absolute Gasteiger partial charge is 0.467 e. The van der Waals surface area contributed by atoms with E-state index in [9.17, 15) is 5.11 Å². The van der Waals surface area contributed by atoms with Crippen LogP contribution in [0.5, 0.6) is 0 Å². The summed E-state index contributed by atoms with van der Waals surface area (Å²) in [4.78, 5) is 4.58. The Morgan fingerprint density at radius 1 is 1.09 bits per heavy atom. The lowest BCUT2D eigenvalue weighted by Gasteiger charge is -2.27. The van der Waals surface area contributed by atoms with Gasteiger partial charge < -0.3 is 23.7 Å². The van der Waals surface area contributed by atoms with E-state index in [-0.39, 0.29) is 6.61 Å². The highest BCUT2D eigenvalue weighted by molar-refractivity contribution is 5.68. The molecular formula is C26H35N3O4. The van der Waals surface area contributed by atoms with Crippen molar-refractivity contribution in [2.75, 3.05) is 37.7 Å². The van der Waals surface area contributed by atoms with Crippen LogP contribution in [-0.2, 0) is 17.9 Å². The first-order valence-electron chi connectivity index (χ1n) is 11.9. The first kappa shape index (κ1) is 23.5. The van der Waals surface area contributed by atoms with Crippen LogP contribution >= 0.6 is 0 Å². The number of aromatic nitrogens is 1. The molecular weight excluding hydrogens is 418 g/mol. The number of aliphatic hydroxyl groups is 1. The number of anilines is 1. The van der Waals surface area contributed by atoms with Gasteiger partial charge in [-0.15, -0.1) is 0 Å². The van der Waals surface area contributed by atoms with E-state index in [1.54, 1.807) is 6.26 Å². The van der Waals surface area contributed by atoms with E-state index >= 15 is 0 Å². The summed E-state index contributed by atoms with van der Waals surface area (Å²) in [6.45, 7) is 9.00. The van der Waals surface area contributed by atoms with E-state index in [1.165, 1.54) is 12.8 Å². The van der Waals surface area contributed by atoms with Gasteiger partial charge in [-0.2, -0.15) is 0 Å². The molecule has 7 heteroatoms. The molecule has 3 heterocycles. The van der Waals surface area contributed by atoms with Gasteiger partial charge in [0, 0.05) is 38.3 Å². The van der Waals surface area contributed by atoms with Crippen molar-refractivity contribution in [1.82, 2.24) is 10.1 Å². The molecule has 1 aromatic carbocycles. The maximum Gasteiger partial charge on any atom is 0.232 e. The van der Waals surface area contributed by atoms with Crippen LogP contribution in [0.3, 0.4) is 0 Å². The average molecular weight is 454 g/mol. The molecule has 0 amide bonds. The topological polar surface area (TPSA) is 75.1 Å². The minimum atomic E-state index is -0.603. The quantitative estimate of drug-likeness (QED) is 0.430. The van der Waals surface area contributed by atoms with Crippen LogP contribution in [0.15, 0.2) is 57.7 Å². The number of nitrogens with zero attached hydrogens (tertiary/aromatic N) is 3. The van der Waals surface area contributed by atoms with Crippen molar-refractivity contribution in [3.05, 3.63) is 60.1 Å². The van der Waals surface area contributed by atoms with Crippen LogP contribution in [-0.4, -0.2) is 54.1 Å². The number of hydrogen-bond acceptors (Lipinski definition) is 7. The Balaban J connectivity index is 1.49. The highest BCUT2D eigenvalue weighted by Gasteiger charge is 2.27. The first-order valence-corrected chi connectivity index (χ1v) is 11.9. The molecule has 0 radical (unpaired) electrons. The Labute approximate surface area is 195 Å². The number of hydrogen-bond donors (Lipinski definition) is 1.